The Morgan fingerprint density at radius 3 is 2.97 bits per heavy atom. The van der Waals surface area contributed by atoms with Crippen molar-refractivity contribution >= 4 is 16.9 Å². The second kappa shape index (κ2) is 8.60. The number of para-hydroxylation sites is 1. The maximum atomic E-state index is 12.0. The Bertz CT molecular complexity index is 1120. The number of hydrogen-bond donors (Lipinski definition) is 1. The quantitative estimate of drug-likeness (QED) is 0.451. The third-order valence-corrected chi connectivity index (χ3v) is 4.65. The van der Waals surface area contributed by atoms with Crippen LogP contribution in [0.2, 0.25) is 0 Å². The van der Waals surface area contributed by atoms with E-state index in [1.54, 1.807) is 7.11 Å². The van der Waals surface area contributed by atoms with Crippen LogP contribution in [-0.4, -0.2) is 28.2 Å². The van der Waals surface area contributed by atoms with Gasteiger partial charge in [0.2, 0.25) is 5.82 Å². The molecule has 4 rings (SSSR count). The third kappa shape index (κ3) is 4.45. The third-order valence-electron chi connectivity index (χ3n) is 4.65. The Morgan fingerprint density at radius 2 is 2.07 bits per heavy atom. The van der Waals surface area contributed by atoms with Crippen LogP contribution in [0.3, 0.4) is 0 Å². The lowest BCUT2D eigenvalue weighted by atomic mass is 10.1. The van der Waals surface area contributed by atoms with Gasteiger partial charge in [-0.25, -0.2) is 0 Å². The second-order valence-corrected chi connectivity index (χ2v) is 6.62. The zero-order valence-electron chi connectivity index (χ0n) is 16.1. The fourth-order valence-corrected chi connectivity index (χ4v) is 3.17. The molecule has 2 aromatic heterocycles. The van der Waals surface area contributed by atoms with Gasteiger partial charge in [0.1, 0.15) is 5.75 Å². The van der Waals surface area contributed by atoms with Gasteiger partial charge in [-0.2, -0.15) is 4.98 Å². The molecule has 0 saturated heterocycles. The zero-order chi connectivity index (χ0) is 20.1. The van der Waals surface area contributed by atoms with Crippen molar-refractivity contribution in [3.8, 4) is 17.1 Å². The maximum Gasteiger partial charge on any atom is 0.306 e. The molecule has 0 spiro atoms. The number of rotatable bonds is 8. The van der Waals surface area contributed by atoms with Crippen molar-refractivity contribution in [1.82, 2.24) is 15.1 Å². The van der Waals surface area contributed by atoms with Gasteiger partial charge in [0, 0.05) is 29.1 Å². The average Bonchev–Trinajstić information content (AvgIpc) is 3.40. The molecular formula is C22H21N3O4. The van der Waals surface area contributed by atoms with E-state index < -0.39 is 0 Å². The highest BCUT2D eigenvalue weighted by Gasteiger charge is 2.12. The van der Waals surface area contributed by atoms with Gasteiger partial charge in [-0.1, -0.05) is 35.5 Å². The van der Waals surface area contributed by atoms with Crippen molar-refractivity contribution in [2.24, 2.45) is 0 Å². The summed E-state index contributed by atoms with van der Waals surface area (Å²) >= 11 is 0. The fourth-order valence-electron chi connectivity index (χ4n) is 3.17. The van der Waals surface area contributed by atoms with Crippen LogP contribution in [0.1, 0.15) is 24.3 Å². The number of aryl methyl sites for hydroxylation is 1. The minimum atomic E-state index is -0.286. The Morgan fingerprint density at radius 1 is 1.17 bits per heavy atom. The number of fused-ring (bicyclic) bond motifs is 1. The summed E-state index contributed by atoms with van der Waals surface area (Å²) in [6.45, 7) is -0.0388. The van der Waals surface area contributed by atoms with Crippen LogP contribution < -0.4 is 4.74 Å². The second-order valence-electron chi connectivity index (χ2n) is 6.62. The molecule has 0 aliphatic rings. The maximum absolute atomic E-state index is 12.0. The number of hydrogen-bond acceptors (Lipinski definition) is 6. The SMILES string of the molecule is COc1cccc(-c2noc(COC(=O)CCCc3c[nH]c4ccccc34)n2)c1. The molecule has 0 atom stereocenters. The monoisotopic (exact) mass is 391 g/mol. The van der Waals surface area contributed by atoms with E-state index in [4.69, 9.17) is 14.0 Å². The van der Waals surface area contributed by atoms with Gasteiger partial charge in [-0.05, 0) is 36.6 Å². The number of carbonyl (C=O) groups excluding carboxylic acids is 1. The van der Waals surface area contributed by atoms with Crippen molar-refractivity contribution < 1.29 is 18.8 Å². The number of nitrogens with zero attached hydrogens (tertiary/aromatic N) is 2. The molecule has 7 heteroatoms. The number of ether oxygens (including phenoxy) is 2. The standard InChI is InChI=1S/C22H21N3O4/c1-27-17-8-4-6-15(12-17)22-24-20(29-25-22)14-28-21(26)11-5-7-16-13-23-19-10-3-2-9-18(16)19/h2-4,6,8-10,12-13,23H,5,7,11,14H2,1H3. The zero-order valence-corrected chi connectivity index (χ0v) is 16.1. The number of aromatic amines is 1. The molecule has 1 N–H and O–H groups in total. The van der Waals surface area contributed by atoms with E-state index in [-0.39, 0.29) is 18.5 Å². The molecule has 0 radical (unpaired) electrons. The van der Waals surface area contributed by atoms with Crippen LogP contribution in [0.5, 0.6) is 5.75 Å². The largest absolute Gasteiger partial charge is 0.497 e. The first-order valence-electron chi connectivity index (χ1n) is 9.40. The summed E-state index contributed by atoms with van der Waals surface area (Å²) in [4.78, 5) is 19.5. The smallest absolute Gasteiger partial charge is 0.306 e. The summed E-state index contributed by atoms with van der Waals surface area (Å²) in [5, 5.41) is 5.12. The summed E-state index contributed by atoms with van der Waals surface area (Å²) in [5.41, 5.74) is 3.07. The lowest BCUT2D eigenvalue weighted by Crippen LogP contribution is -2.05. The molecule has 0 saturated carbocycles. The van der Waals surface area contributed by atoms with E-state index in [9.17, 15) is 4.79 Å². The lowest BCUT2D eigenvalue weighted by molar-refractivity contribution is -0.145. The molecule has 2 heterocycles. The van der Waals surface area contributed by atoms with Gasteiger partial charge in [0.25, 0.3) is 5.89 Å². The number of H-pyrrole nitrogens is 1. The summed E-state index contributed by atoms with van der Waals surface area (Å²) < 4.78 is 15.6. The first-order chi connectivity index (χ1) is 14.2. The molecule has 0 aliphatic heterocycles. The predicted molar refractivity (Wildman–Crippen MR) is 107 cm³/mol. The van der Waals surface area contributed by atoms with Crippen LogP contribution in [0.4, 0.5) is 0 Å². The van der Waals surface area contributed by atoms with E-state index >= 15 is 0 Å². The first kappa shape index (κ1) is 18.7. The van der Waals surface area contributed by atoms with Crippen LogP contribution in [0, 0.1) is 0 Å². The van der Waals surface area contributed by atoms with Crippen molar-refractivity contribution in [3.05, 3.63) is 66.2 Å². The Kier molecular flexibility index (Phi) is 5.56. The minimum absolute atomic E-state index is 0.0388. The molecule has 4 aromatic rings. The Labute approximate surface area is 167 Å². The Hall–Kier alpha value is -3.61. The van der Waals surface area contributed by atoms with Crippen LogP contribution in [-0.2, 0) is 22.6 Å². The van der Waals surface area contributed by atoms with Gasteiger partial charge in [0.05, 0.1) is 7.11 Å². The molecule has 0 amide bonds. The van der Waals surface area contributed by atoms with Crippen LogP contribution in [0.25, 0.3) is 22.3 Å². The first-order valence-corrected chi connectivity index (χ1v) is 9.40. The van der Waals surface area contributed by atoms with Crippen LogP contribution >= 0.6 is 0 Å². The summed E-state index contributed by atoms with van der Waals surface area (Å²) in [5.74, 6) is 1.10. The molecular weight excluding hydrogens is 370 g/mol. The van der Waals surface area contributed by atoms with Crippen molar-refractivity contribution in [1.29, 1.82) is 0 Å². The van der Waals surface area contributed by atoms with Crippen LogP contribution in [0.15, 0.2) is 59.3 Å². The number of methoxy groups -OCH3 is 1. The molecule has 0 bridgehead atoms. The molecule has 29 heavy (non-hydrogen) atoms. The van der Waals surface area contributed by atoms with Gasteiger partial charge < -0.3 is 19.0 Å². The number of benzene rings is 2. The van der Waals surface area contributed by atoms with E-state index in [0.717, 1.165) is 17.5 Å². The van der Waals surface area contributed by atoms with Crippen molar-refractivity contribution in [2.75, 3.05) is 7.11 Å². The topological polar surface area (TPSA) is 90.2 Å². The fraction of sp³-hybridized carbons (Fsp3) is 0.227. The Balaban J connectivity index is 1.26. The predicted octanol–water partition coefficient (Wildman–Crippen LogP) is 4.29. The number of carbonyl (C=O) groups is 1. The van der Waals surface area contributed by atoms with Gasteiger partial charge >= 0.3 is 5.97 Å². The number of esters is 1. The molecule has 148 valence electrons. The molecule has 0 fully saturated rings. The van der Waals surface area contributed by atoms with Gasteiger partial charge in [-0.3, -0.25) is 4.79 Å². The summed E-state index contributed by atoms with van der Waals surface area (Å²) in [7, 11) is 1.60. The van der Waals surface area contributed by atoms with E-state index in [0.29, 0.717) is 24.4 Å². The summed E-state index contributed by atoms with van der Waals surface area (Å²) in [6.07, 6.45) is 3.84. The minimum Gasteiger partial charge on any atom is -0.497 e. The van der Waals surface area contributed by atoms with E-state index in [1.807, 2.05) is 48.7 Å². The van der Waals surface area contributed by atoms with E-state index in [1.165, 1.54) is 10.9 Å². The highest BCUT2D eigenvalue weighted by Crippen LogP contribution is 2.22. The molecule has 7 nitrogen and oxygen atoms in total. The normalized spacial score (nSPS) is 10.9. The van der Waals surface area contributed by atoms with Gasteiger partial charge in [0.15, 0.2) is 6.61 Å². The number of nitrogens with one attached hydrogen (secondary N) is 1. The highest BCUT2D eigenvalue weighted by molar-refractivity contribution is 5.83. The average molecular weight is 391 g/mol. The number of aromatic nitrogens is 3. The van der Waals surface area contributed by atoms with Crippen molar-refractivity contribution in [2.45, 2.75) is 25.9 Å². The van der Waals surface area contributed by atoms with Gasteiger partial charge in [-0.15, -0.1) is 0 Å². The lowest BCUT2D eigenvalue weighted by Gasteiger charge is -2.02. The molecule has 0 unspecified atom stereocenters. The highest BCUT2D eigenvalue weighted by atomic mass is 16.6. The van der Waals surface area contributed by atoms with Crippen molar-refractivity contribution in [3.63, 3.8) is 0 Å². The summed E-state index contributed by atoms with van der Waals surface area (Å²) in [6, 6.07) is 15.5. The molecule has 2 aromatic carbocycles. The molecule has 0 aliphatic carbocycles. The van der Waals surface area contributed by atoms with E-state index in [2.05, 4.69) is 21.2 Å².